The molecule has 0 radical (unpaired) electrons. The van der Waals surface area contributed by atoms with Gasteiger partial charge in [-0.1, -0.05) is 0 Å². The first-order chi connectivity index (χ1) is 8.41. The maximum atomic E-state index is 13.0. The van der Waals surface area contributed by atoms with E-state index in [4.69, 9.17) is 10.2 Å². The fraction of sp³-hybridized carbons (Fsp3) is 0.400. The minimum absolute atomic E-state index is 0.263. The van der Waals surface area contributed by atoms with Gasteiger partial charge in [-0.05, 0) is 12.1 Å². The van der Waals surface area contributed by atoms with Gasteiger partial charge < -0.3 is 10.2 Å². The van der Waals surface area contributed by atoms with Gasteiger partial charge in [0, 0.05) is 19.2 Å². The Kier molecular flexibility index (Phi) is 5.15. The highest BCUT2D eigenvalue weighted by molar-refractivity contribution is 7.89. The number of rotatable bonds is 6. The Labute approximate surface area is 103 Å². The molecule has 0 saturated carbocycles. The van der Waals surface area contributed by atoms with E-state index in [1.807, 2.05) is 0 Å². The lowest BCUT2D eigenvalue weighted by Gasteiger charge is -2.20. The molecule has 5 nitrogen and oxygen atoms in total. The molecule has 1 aromatic rings. The summed E-state index contributed by atoms with van der Waals surface area (Å²) in [6, 6.07) is 1.92. The summed E-state index contributed by atoms with van der Waals surface area (Å²) >= 11 is 0. The summed E-state index contributed by atoms with van der Waals surface area (Å²) < 4.78 is 50.7. The van der Waals surface area contributed by atoms with E-state index in [1.165, 1.54) is 0 Å². The lowest BCUT2D eigenvalue weighted by molar-refractivity contribution is 0.217. The Balaban J connectivity index is 3.17. The van der Waals surface area contributed by atoms with Gasteiger partial charge in [0.05, 0.1) is 18.1 Å². The number of aliphatic hydroxyl groups is 2. The zero-order valence-electron chi connectivity index (χ0n) is 9.38. The van der Waals surface area contributed by atoms with Crippen LogP contribution in [0.3, 0.4) is 0 Å². The van der Waals surface area contributed by atoms with E-state index in [1.54, 1.807) is 0 Å². The molecular weight excluding hydrogens is 268 g/mol. The summed E-state index contributed by atoms with van der Waals surface area (Å²) in [4.78, 5) is -0.554. The number of aliphatic hydroxyl groups excluding tert-OH is 2. The molecule has 0 heterocycles. The average molecular weight is 281 g/mol. The van der Waals surface area contributed by atoms with Crippen LogP contribution in [0.25, 0.3) is 0 Å². The highest BCUT2D eigenvalue weighted by Crippen LogP contribution is 2.18. The molecule has 2 N–H and O–H groups in total. The summed E-state index contributed by atoms with van der Waals surface area (Å²) in [6.07, 6.45) is 0. The van der Waals surface area contributed by atoms with Crippen molar-refractivity contribution in [2.75, 3.05) is 26.3 Å². The summed E-state index contributed by atoms with van der Waals surface area (Å²) in [6.45, 7) is -1.45. The quantitative estimate of drug-likeness (QED) is 0.766. The first kappa shape index (κ1) is 15.0. The Morgan fingerprint density at radius 1 is 1.00 bits per heavy atom. The fourth-order valence-corrected chi connectivity index (χ4v) is 2.87. The fourth-order valence-electron chi connectivity index (χ4n) is 1.40. The van der Waals surface area contributed by atoms with Crippen molar-refractivity contribution in [3.8, 4) is 0 Å². The SMILES string of the molecule is O=S(=O)(c1cc(F)cc(F)c1)N(CCO)CCO. The molecule has 8 heteroatoms. The highest BCUT2D eigenvalue weighted by Gasteiger charge is 2.24. The van der Waals surface area contributed by atoms with Gasteiger partial charge in [-0.25, -0.2) is 17.2 Å². The second kappa shape index (κ2) is 6.19. The number of hydrogen-bond acceptors (Lipinski definition) is 4. The monoisotopic (exact) mass is 281 g/mol. The molecular formula is C10H13F2NO4S. The Morgan fingerprint density at radius 3 is 1.83 bits per heavy atom. The van der Waals surface area contributed by atoms with Crippen molar-refractivity contribution in [1.29, 1.82) is 0 Å². The molecule has 0 bridgehead atoms. The number of sulfonamides is 1. The van der Waals surface area contributed by atoms with Gasteiger partial charge in [-0.3, -0.25) is 0 Å². The van der Waals surface area contributed by atoms with Crippen molar-refractivity contribution in [2.45, 2.75) is 4.90 Å². The molecule has 1 rings (SSSR count). The van der Waals surface area contributed by atoms with Crippen molar-refractivity contribution in [3.63, 3.8) is 0 Å². The van der Waals surface area contributed by atoms with E-state index in [0.717, 1.165) is 4.31 Å². The smallest absolute Gasteiger partial charge is 0.243 e. The van der Waals surface area contributed by atoms with E-state index in [0.29, 0.717) is 18.2 Å². The van der Waals surface area contributed by atoms with E-state index in [2.05, 4.69) is 0 Å². The summed E-state index contributed by atoms with van der Waals surface area (Å²) in [5.74, 6) is -2.02. The van der Waals surface area contributed by atoms with Gasteiger partial charge in [0.2, 0.25) is 10.0 Å². The van der Waals surface area contributed by atoms with Crippen LogP contribution >= 0.6 is 0 Å². The van der Waals surface area contributed by atoms with Gasteiger partial charge in [-0.2, -0.15) is 4.31 Å². The maximum absolute atomic E-state index is 13.0. The normalized spacial score (nSPS) is 12.1. The van der Waals surface area contributed by atoms with Gasteiger partial charge in [0.25, 0.3) is 0 Å². The third kappa shape index (κ3) is 3.45. The van der Waals surface area contributed by atoms with Crippen molar-refractivity contribution in [2.24, 2.45) is 0 Å². The van der Waals surface area contributed by atoms with E-state index >= 15 is 0 Å². The average Bonchev–Trinajstić information content (AvgIpc) is 2.27. The van der Waals surface area contributed by atoms with Crippen molar-refractivity contribution >= 4 is 10.0 Å². The Hall–Kier alpha value is -1.09. The van der Waals surface area contributed by atoms with Crippen LogP contribution in [0.1, 0.15) is 0 Å². The van der Waals surface area contributed by atoms with Gasteiger partial charge in [0.1, 0.15) is 11.6 Å². The Morgan fingerprint density at radius 2 is 1.44 bits per heavy atom. The third-order valence-corrected chi connectivity index (χ3v) is 4.05. The zero-order valence-corrected chi connectivity index (χ0v) is 10.2. The second-order valence-corrected chi connectivity index (χ2v) is 5.39. The molecule has 0 unspecified atom stereocenters. The van der Waals surface area contributed by atoms with Gasteiger partial charge in [-0.15, -0.1) is 0 Å². The largest absolute Gasteiger partial charge is 0.395 e. The van der Waals surface area contributed by atoms with Crippen LogP contribution in [0.4, 0.5) is 8.78 Å². The molecule has 0 amide bonds. The lowest BCUT2D eigenvalue weighted by atomic mass is 10.3. The summed E-state index contributed by atoms with van der Waals surface area (Å²) in [5.41, 5.74) is 0. The minimum Gasteiger partial charge on any atom is -0.395 e. The Bertz CT molecular complexity index is 480. The lowest BCUT2D eigenvalue weighted by Crippen LogP contribution is -2.36. The summed E-state index contributed by atoms with van der Waals surface area (Å²) in [7, 11) is -4.14. The summed E-state index contributed by atoms with van der Waals surface area (Å²) in [5, 5.41) is 17.5. The van der Waals surface area contributed by atoms with Crippen LogP contribution < -0.4 is 0 Å². The maximum Gasteiger partial charge on any atom is 0.243 e. The van der Waals surface area contributed by atoms with Crippen LogP contribution in [0.5, 0.6) is 0 Å². The number of nitrogens with zero attached hydrogens (tertiary/aromatic N) is 1. The van der Waals surface area contributed by atoms with Crippen LogP contribution in [-0.2, 0) is 10.0 Å². The van der Waals surface area contributed by atoms with Crippen LogP contribution in [0, 0.1) is 11.6 Å². The number of benzene rings is 1. The molecule has 18 heavy (non-hydrogen) atoms. The second-order valence-electron chi connectivity index (χ2n) is 3.46. The predicted molar refractivity (Wildman–Crippen MR) is 59.3 cm³/mol. The van der Waals surface area contributed by atoms with E-state index < -0.39 is 39.8 Å². The first-order valence-corrected chi connectivity index (χ1v) is 6.54. The number of halogens is 2. The zero-order chi connectivity index (χ0) is 13.8. The minimum atomic E-state index is -4.14. The predicted octanol–water partition coefficient (Wildman–Crippen LogP) is -0.0599. The van der Waals surface area contributed by atoms with Crippen LogP contribution in [0.2, 0.25) is 0 Å². The van der Waals surface area contributed by atoms with Crippen molar-refractivity contribution in [1.82, 2.24) is 4.31 Å². The van der Waals surface area contributed by atoms with Crippen LogP contribution in [0.15, 0.2) is 23.1 Å². The van der Waals surface area contributed by atoms with Crippen LogP contribution in [-0.4, -0.2) is 49.2 Å². The number of hydrogen-bond donors (Lipinski definition) is 2. The van der Waals surface area contributed by atoms with E-state index in [-0.39, 0.29) is 13.1 Å². The topological polar surface area (TPSA) is 77.8 Å². The third-order valence-electron chi connectivity index (χ3n) is 2.17. The molecule has 102 valence electrons. The van der Waals surface area contributed by atoms with E-state index in [9.17, 15) is 17.2 Å². The molecule has 0 aromatic heterocycles. The van der Waals surface area contributed by atoms with Crippen molar-refractivity contribution in [3.05, 3.63) is 29.8 Å². The molecule has 0 spiro atoms. The molecule has 0 aliphatic heterocycles. The molecule has 0 aliphatic carbocycles. The van der Waals surface area contributed by atoms with Gasteiger partial charge in [0.15, 0.2) is 0 Å². The molecule has 0 aliphatic rings. The standard InChI is InChI=1S/C10H13F2NO4S/c11-8-5-9(12)7-10(6-8)18(16,17)13(1-3-14)2-4-15/h5-7,14-15H,1-4H2. The molecule has 0 fully saturated rings. The molecule has 0 atom stereocenters. The highest BCUT2D eigenvalue weighted by atomic mass is 32.2. The van der Waals surface area contributed by atoms with Gasteiger partial charge >= 0.3 is 0 Å². The van der Waals surface area contributed by atoms with Crippen molar-refractivity contribution < 1.29 is 27.4 Å². The molecule has 0 saturated heterocycles. The first-order valence-electron chi connectivity index (χ1n) is 5.09. The molecule has 1 aromatic carbocycles.